The minimum atomic E-state index is -0.762. The Hall–Kier alpha value is -2.41. The summed E-state index contributed by atoms with van der Waals surface area (Å²) in [6, 6.07) is 7.84. The zero-order valence-corrected chi connectivity index (χ0v) is 14.8. The quantitative estimate of drug-likeness (QED) is 0.421. The van der Waals surface area contributed by atoms with Crippen molar-refractivity contribution in [2.45, 2.75) is 44.7 Å². The van der Waals surface area contributed by atoms with Crippen LogP contribution in [0, 0.1) is 0 Å². The fraction of sp³-hybridized carbons (Fsp3) is 0.500. The zero-order chi connectivity index (χ0) is 18.7. The minimum Gasteiger partial charge on any atom is -0.467 e. The zero-order valence-electron chi connectivity index (χ0n) is 14.8. The van der Waals surface area contributed by atoms with E-state index in [0.717, 1.165) is 12.0 Å². The molecule has 0 aliphatic carbocycles. The summed E-state index contributed by atoms with van der Waals surface area (Å²) >= 11 is 0. The molecule has 1 rings (SSSR count). The lowest BCUT2D eigenvalue weighted by Crippen LogP contribution is -2.52. The molecule has 1 unspecified atom stereocenters. The average molecular weight is 349 g/mol. The molecule has 2 amide bonds. The van der Waals surface area contributed by atoms with E-state index in [1.165, 1.54) is 14.0 Å². The second-order valence-corrected chi connectivity index (χ2v) is 5.81. The lowest BCUT2D eigenvalue weighted by atomic mass is 10.0. The highest BCUT2D eigenvalue weighted by molar-refractivity contribution is 5.90. The number of rotatable bonds is 10. The molecule has 0 bridgehead atoms. The summed E-state index contributed by atoms with van der Waals surface area (Å²) in [5.74, 6) is -1.23. The van der Waals surface area contributed by atoms with Crippen LogP contribution >= 0.6 is 0 Å². The van der Waals surface area contributed by atoms with Crippen molar-refractivity contribution in [3.05, 3.63) is 35.9 Å². The number of nitrogens with one attached hydrogen (secondary N) is 2. The van der Waals surface area contributed by atoms with Crippen LogP contribution in [0.3, 0.4) is 0 Å². The normalized spacial score (nSPS) is 12.8. The Balaban J connectivity index is 2.79. The van der Waals surface area contributed by atoms with Gasteiger partial charge in [-0.05, 0) is 31.4 Å². The van der Waals surface area contributed by atoms with Gasteiger partial charge in [-0.25, -0.2) is 4.79 Å². The van der Waals surface area contributed by atoms with Gasteiger partial charge in [0.15, 0.2) is 0 Å². The van der Waals surface area contributed by atoms with Crippen molar-refractivity contribution in [2.75, 3.05) is 13.7 Å². The van der Waals surface area contributed by atoms with E-state index >= 15 is 0 Å². The van der Waals surface area contributed by atoms with Crippen molar-refractivity contribution in [1.29, 1.82) is 0 Å². The van der Waals surface area contributed by atoms with Crippen molar-refractivity contribution in [3.8, 4) is 0 Å². The molecule has 0 saturated heterocycles. The summed E-state index contributed by atoms with van der Waals surface area (Å²) in [7, 11) is 1.28. The Kier molecular flexibility index (Phi) is 9.24. The molecule has 2 atom stereocenters. The van der Waals surface area contributed by atoms with E-state index in [2.05, 4.69) is 10.6 Å². The average Bonchev–Trinajstić information content (AvgIpc) is 2.60. The van der Waals surface area contributed by atoms with Gasteiger partial charge in [0.05, 0.1) is 7.11 Å². The van der Waals surface area contributed by atoms with E-state index in [-0.39, 0.29) is 5.91 Å². The third kappa shape index (κ3) is 7.80. The number of ether oxygens (including phenoxy) is 1. The number of nitrogens with two attached hydrogens (primary N) is 1. The first kappa shape index (κ1) is 20.6. The molecule has 0 fully saturated rings. The van der Waals surface area contributed by atoms with Gasteiger partial charge >= 0.3 is 5.97 Å². The molecule has 0 aromatic heterocycles. The number of carbonyl (C=O) groups excluding carboxylic acids is 3. The number of unbranched alkanes of at least 4 members (excludes halogenated alkanes) is 1. The Labute approximate surface area is 148 Å². The Morgan fingerprint density at radius 1 is 1.08 bits per heavy atom. The van der Waals surface area contributed by atoms with E-state index < -0.39 is 24.0 Å². The first-order valence-corrected chi connectivity index (χ1v) is 8.37. The largest absolute Gasteiger partial charge is 0.467 e. The second kappa shape index (κ2) is 11.2. The number of amides is 2. The highest BCUT2D eigenvalue weighted by Gasteiger charge is 2.26. The molecule has 0 spiro atoms. The van der Waals surface area contributed by atoms with Gasteiger partial charge in [0.2, 0.25) is 11.8 Å². The molecule has 1 aromatic rings. The molecular weight excluding hydrogens is 322 g/mol. The van der Waals surface area contributed by atoms with E-state index in [0.29, 0.717) is 25.8 Å². The van der Waals surface area contributed by atoms with E-state index in [1.54, 1.807) is 0 Å². The van der Waals surface area contributed by atoms with E-state index in [1.807, 2.05) is 30.3 Å². The Morgan fingerprint density at radius 2 is 1.76 bits per heavy atom. The van der Waals surface area contributed by atoms with Crippen LogP contribution in [0.2, 0.25) is 0 Å². The number of carbonyl (C=O) groups is 3. The summed E-state index contributed by atoms with van der Waals surface area (Å²) < 4.78 is 4.75. The van der Waals surface area contributed by atoms with Crippen molar-refractivity contribution in [2.24, 2.45) is 5.73 Å². The summed E-state index contributed by atoms with van der Waals surface area (Å²) in [6.07, 6.45) is 2.22. The smallest absolute Gasteiger partial charge is 0.328 e. The fourth-order valence-corrected chi connectivity index (χ4v) is 2.46. The van der Waals surface area contributed by atoms with Gasteiger partial charge in [-0.2, -0.15) is 0 Å². The molecule has 0 saturated carbocycles. The van der Waals surface area contributed by atoms with Crippen LogP contribution < -0.4 is 16.4 Å². The molecule has 4 N–H and O–H groups in total. The lowest BCUT2D eigenvalue weighted by Gasteiger charge is -2.22. The molecule has 0 aliphatic heterocycles. The number of hydrogen-bond acceptors (Lipinski definition) is 5. The highest BCUT2D eigenvalue weighted by atomic mass is 16.5. The first-order chi connectivity index (χ1) is 12.0. The maximum Gasteiger partial charge on any atom is 0.328 e. The number of benzene rings is 1. The molecule has 0 heterocycles. The van der Waals surface area contributed by atoms with Crippen molar-refractivity contribution < 1.29 is 19.1 Å². The monoisotopic (exact) mass is 349 g/mol. The van der Waals surface area contributed by atoms with Gasteiger partial charge in [0.1, 0.15) is 12.1 Å². The second-order valence-electron chi connectivity index (χ2n) is 5.81. The van der Waals surface area contributed by atoms with Crippen LogP contribution in [0.5, 0.6) is 0 Å². The summed E-state index contributed by atoms with van der Waals surface area (Å²) in [5, 5.41) is 5.32. The molecule has 7 nitrogen and oxygen atoms in total. The first-order valence-electron chi connectivity index (χ1n) is 8.37. The summed E-state index contributed by atoms with van der Waals surface area (Å²) in [5.41, 5.74) is 6.37. The number of hydrogen-bond donors (Lipinski definition) is 3. The van der Waals surface area contributed by atoms with Crippen molar-refractivity contribution >= 4 is 17.8 Å². The van der Waals surface area contributed by atoms with Crippen LogP contribution in [0.1, 0.15) is 31.7 Å². The molecule has 25 heavy (non-hydrogen) atoms. The van der Waals surface area contributed by atoms with Gasteiger partial charge in [-0.3, -0.25) is 9.59 Å². The molecule has 1 aromatic carbocycles. The topological polar surface area (TPSA) is 111 Å². The maximum absolute atomic E-state index is 12.6. The maximum atomic E-state index is 12.6. The highest BCUT2D eigenvalue weighted by Crippen LogP contribution is 2.07. The Morgan fingerprint density at radius 3 is 2.32 bits per heavy atom. The van der Waals surface area contributed by atoms with E-state index in [9.17, 15) is 14.4 Å². The third-order valence-electron chi connectivity index (χ3n) is 3.73. The van der Waals surface area contributed by atoms with Crippen molar-refractivity contribution in [1.82, 2.24) is 10.6 Å². The predicted octanol–water partition coefficient (Wildman–Crippen LogP) is 0.521. The lowest BCUT2D eigenvalue weighted by molar-refractivity contribution is -0.145. The molecule has 138 valence electrons. The van der Waals surface area contributed by atoms with Gasteiger partial charge in [0.25, 0.3) is 0 Å². The van der Waals surface area contributed by atoms with Gasteiger partial charge < -0.3 is 21.1 Å². The van der Waals surface area contributed by atoms with Gasteiger partial charge in [-0.15, -0.1) is 0 Å². The van der Waals surface area contributed by atoms with Crippen molar-refractivity contribution in [3.63, 3.8) is 0 Å². The number of methoxy groups -OCH3 is 1. The van der Waals surface area contributed by atoms with E-state index in [4.69, 9.17) is 10.5 Å². The van der Waals surface area contributed by atoms with Crippen LogP contribution in [-0.4, -0.2) is 43.5 Å². The van der Waals surface area contributed by atoms with Crippen LogP contribution in [0.4, 0.5) is 0 Å². The molecular formula is C18H27N3O4. The molecule has 0 radical (unpaired) electrons. The molecule has 7 heteroatoms. The number of esters is 1. The van der Waals surface area contributed by atoms with Crippen LogP contribution in [0.25, 0.3) is 0 Å². The fourth-order valence-electron chi connectivity index (χ4n) is 2.46. The third-order valence-corrected chi connectivity index (χ3v) is 3.73. The predicted molar refractivity (Wildman–Crippen MR) is 94.6 cm³/mol. The van der Waals surface area contributed by atoms with Gasteiger partial charge in [0, 0.05) is 13.3 Å². The minimum absolute atomic E-state index is 0.311. The standard InChI is InChI=1S/C18H27N3O4/c1-13(22)20-16(12-14-8-4-3-5-9-14)17(23)21-15(18(24)25-2)10-6-7-11-19/h3-5,8-9,15-16H,6-7,10-12,19H2,1-2H3,(H,20,22)(H,21,23)/t15?,16-/m0/s1. The SMILES string of the molecule is COC(=O)C(CCCCN)NC(=O)[C@H](Cc1ccccc1)NC(C)=O. The van der Waals surface area contributed by atoms with Crippen LogP contribution in [0.15, 0.2) is 30.3 Å². The Bertz CT molecular complexity index is 563. The summed E-state index contributed by atoms with van der Waals surface area (Å²) in [6.45, 7) is 1.87. The van der Waals surface area contributed by atoms with Crippen LogP contribution in [-0.2, 0) is 25.5 Å². The molecule has 0 aliphatic rings. The van der Waals surface area contributed by atoms with Gasteiger partial charge in [-0.1, -0.05) is 30.3 Å². The summed E-state index contributed by atoms with van der Waals surface area (Å²) in [4.78, 5) is 35.9.